The molecule has 88 valence electrons. The Bertz CT molecular complexity index is 337. The summed E-state index contributed by atoms with van der Waals surface area (Å²) < 4.78 is 0. The first-order chi connectivity index (χ1) is 7.62. The van der Waals surface area contributed by atoms with Crippen LogP contribution >= 0.6 is 0 Å². The van der Waals surface area contributed by atoms with E-state index in [0.717, 1.165) is 25.2 Å². The molecule has 0 saturated carbocycles. The van der Waals surface area contributed by atoms with Crippen molar-refractivity contribution in [3.8, 4) is 0 Å². The molecule has 0 spiro atoms. The topological polar surface area (TPSA) is 36.4 Å². The van der Waals surface area contributed by atoms with E-state index in [4.69, 9.17) is 0 Å². The largest absolute Gasteiger partial charge is 0.396 e. The fourth-order valence-corrected chi connectivity index (χ4v) is 2.55. The monoisotopic (exact) mass is 220 g/mol. The van der Waals surface area contributed by atoms with Crippen molar-refractivity contribution in [2.24, 2.45) is 5.92 Å². The SMILES string of the molecule is CC1(C)CC(CO)CN1Cc1ccccn1. The lowest BCUT2D eigenvalue weighted by molar-refractivity contribution is 0.162. The lowest BCUT2D eigenvalue weighted by Gasteiger charge is -2.31. The summed E-state index contributed by atoms with van der Waals surface area (Å²) in [5, 5.41) is 9.24. The maximum Gasteiger partial charge on any atom is 0.0544 e. The molecule has 0 aromatic carbocycles. The average molecular weight is 220 g/mol. The third-order valence-corrected chi connectivity index (χ3v) is 3.46. The Labute approximate surface area is 97.1 Å². The number of rotatable bonds is 3. The van der Waals surface area contributed by atoms with Crippen molar-refractivity contribution in [1.29, 1.82) is 0 Å². The van der Waals surface area contributed by atoms with Gasteiger partial charge >= 0.3 is 0 Å². The van der Waals surface area contributed by atoms with Gasteiger partial charge in [0.2, 0.25) is 0 Å². The fourth-order valence-electron chi connectivity index (χ4n) is 2.55. The van der Waals surface area contributed by atoms with Gasteiger partial charge in [0.15, 0.2) is 0 Å². The molecule has 1 aliphatic rings. The van der Waals surface area contributed by atoms with Gasteiger partial charge in [-0.05, 0) is 38.3 Å². The first-order valence-electron chi connectivity index (χ1n) is 5.87. The highest BCUT2D eigenvalue weighted by Gasteiger charge is 2.37. The second-order valence-electron chi connectivity index (χ2n) is 5.27. The predicted molar refractivity (Wildman–Crippen MR) is 63.9 cm³/mol. The Morgan fingerprint density at radius 2 is 2.31 bits per heavy atom. The van der Waals surface area contributed by atoms with Gasteiger partial charge in [-0.1, -0.05) is 6.07 Å². The summed E-state index contributed by atoms with van der Waals surface area (Å²) in [5.41, 5.74) is 1.28. The smallest absolute Gasteiger partial charge is 0.0544 e. The summed E-state index contributed by atoms with van der Waals surface area (Å²) in [6.45, 7) is 6.63. The van der Waals surface area contributed by atoms with Crippen LogP contribution in [0.3, 0.4) is 0 Å². The minimum Gasteiger partial charge on any atom is -0.396 e. The molecule has 1 N–H and O–H groups in total. The Morgan fingerprint density at radius 1 is 1.50 bits per heavy atom. The van der Waals surface area contributed by atoms with Gasteiger partial charge in [0.1, 0.15) is 0 Å². The van der Waals surface area contributed by atoms with E-state index in [1.54, 1.807) is 0 Å². The van der Waals surface area contributed by atoms with E-state index in [2.05, 4.69) is 29.8 Å². The molecule has 3 nitrogen and oxygen atoms in total. The molecule has 2 heterocycles. The van der Waals surface area contributed by atoms with E-state index in [1.807, 2.05) is 18.3 Å². The van der Waals surface area contributed by atoms with Crippen molar-refractivity contribution in [2.45, 2.75) is 32.4 Å². The van der Waals surface area contributed by atoms with Crippen LogP contribution in [-0.4, -0.2) is 33.7 Å². The Balaban J connectivity index is 2.05. The van der Waals surface area contributed by atoms with E-state index >= 15 is 0 Å². The molecule has 1 aromatic heterocycles. The highest BCUT2D eigenvalue weighted by molar-refractivity contribution is 5.05. The third kappa shape index (κ3) is 2.42. The second kappa shape index (κ2) is 4.52. The minimum absolute atomic E-state index is 0.172. The van der Waals surface area contributed by atoms with Gasteiger partial charge in [-0.25, -0.2) is 0 Å². The maximum atomic E-state index is 9.24. The predicted octanol–water partition coefficient (Wildman–Crippen LogP) is 1.67. The second-order valence-corrected chi connectivity index (χ2v) is 5.27. The van der Waals surface area contributed by atoms with Crippen LogP contribution in [0.4, 0.5) is 0 Å². The summed E-state index contributed by atoms with van der Waals surface area (Å²) in [7, 11) is 0. The average Bonchev–Trinajstić information content (AvgIpc) is 2.55. The van der Waals surface area contributed by atoms with Crippen molar-refractivity contribution in [3.05, 3.63) is 30.1 Å². The van der Waals surface area contributed by atoms with Crippen LogP contribution in [0.15, 0.2) is 24.4 Å². The maximum absolute atomic E-state index is 9.24. The van der Waals surface area contributed by atoms with Gasteiger partial charge in [0.25, 0.3) is 0 Å². The highest BCUT2D eigenvalue weighted by Crippen LogP contribution is 2.33. The molecule has 0 aliphatic carbocycles. The van der Waals surface area contributed by atoms with Crippen molar-refractivity contribution in [1.82, 2.24) is 9.88 Å². The van der Waals surface area contributed by atoms with Gasteiger partial charge in [0, 0.05) is 31.4 Å². The fraction of sp³-hybridized carbons (Fsp3) is 0.615. The van der Waals surface area contributed by atoms with Gasteiger partial charge in [-0.15, -0.1) is 0 Å². The molecular weight excluding hydrogens is 200 g/mol. The van der Waals surface area contributed by atoms with Gasteiger partial charge < -0.3 is 5.11 Å². The molecule has 1 aromatic rings. The van der Waals surface area contributed by atoms with E-state index < -0.39 is 0 Å². The Kier molecular flexibility index (Phi) is 3.26. The Hall–Kier alpha value is -0.930. The lowest BCUT2D eigenvalue weighted by atomic mass is 9.97. The number of aliphatic hydroxyl groups excluding tert-OH is 1. The number of aliphatic hydroxyl groups is 1. The van der Waals surface area contributed by atoms with Crippen LogP contribution in [0.5, 0.6) is 0 Å². The molecule has 3 heteroatoms. The summed E-state index contributed by atoms with van der Waals surface area (Å²) in [4.78, 5) is 6.77. The van der Waals surface area contributed by atoms with Crippen LogP contribution in [0, 0.1) is 5.92 Å². The zero-order valence-corrected chi connectivity index (χ0v) is 10.1. The summed E-state index contributed by atoms with van der Waals surface area (Å²) >= 11 is 0. The van der Waals surface area contributed by atoms with E-state index in [-0.39, 0.29) is 5.54 Å². The van der Waals surface area contributed by atoms with Gasteiger partial charge in [-0.2, -0.15) is 0 Å². The molecule has 0 amide bonds. The zero-order chi connectivity index (χ0) is 11.6. The molecule has 1 saturated heterocycles. The molecule has 1 aliphatic heterocycles. The van der Waals surface area contributed by atoms with E-state index in [0.29, 0.717) is 12.5 Å². The quantitative estimate of drug-likeness (QED) is 0.842. The van der Waals surface area contributed by atoms with Gasteiger partial charge in [0.05, 0.1) is 5.69 Å². The van der Waals surface area contributed by atoms with Crippen LogP contribution < -0.4 is 0 Å². The molecule has 1 atom stereocenters. The van der Waals surface area contributed by atoms with Crippen molar-refractivity contribution in [3.63, 3.8) is 0 Å². The number of nitrogens with zero attached hydrogens (tertiary/aromatic N) is 2. The normalized spacial score (nSPS) is 24.8. The molecule has 0 bridgehead atoms. The zero-order valence-electron chi connectivity index (χ0n) is 10.1. The lowest BCUT2D eigenvalue weighted by Crippen LogP contribution is -2.37. The van der Waals surface area contributed by atoms with Gasteiger partial charge in [-0.3, -0.25) is 9.88 Å². The standard InChI is InChI=1S/C13H20N2O/c1-13(2)7-11(10-16)8-15(13)9-12-5-3-4-6-14-12/h3-6,11,16H,7-10H2,1-2H3. The number of aromatic nitrogens is 1. The van der Waals surface area contributed by atoms with Crippen molar-refractivity contribution >= 4 is 0 Å². The van der Waals surface area contributed by atoms with E-state index in [1.165, 1.54) is 0 Å². The third-order valence-electron chi connectivity index (χ3n) is 3.46. The molecule has 1 unspecified atom stereocenters. The highest BCUT2D eigenvalue weighted by atomic mass is 16.3. The molecule has 16 heavy (non-hydrogen) atoms. The molecular formula is C13H20N2O. The Morgan fingerprint density at radius 3 is 2.88 bits per heavy atom. The minimum atomic E-state index is 0.172. The van der Waals surface area contributed by atoms with Crippen LogP contribution in [-0.2, 0) is 6.54 Å². The first-order valence-corrected chi connectivity index (χ1v) is 5.87. The van der Waals surface area contributed by atoms with Crippen molar-refractivity contribution in [2.75, 3.05) is 13.2 Å². The number of likely N-dealkylation sites (tertiary alicyclic amines) is 1. The number of pyridine rings is 1. The number of hydrogen-bond donors (Lipinski definition) is 1. The summed E-state index contributed by atoms with van der Waals surface area (Å²) in [6, 6.07) is 6.02. The molecule has 0 radical (unpaired) electrons. The van der Waals surface area contributed by atoms with E-state index in [9.17, 15) is 5.11 Å². The molecule has 1 fully saturated rings. The first kappa shape index (κ1) is 11.6. The summed E-state index contributed by atoms with van der Waals surface area (Å²) in [6.07, 6.45) is 2.90. The van der Waals surface area contributed by atoms with Crippen LogP contribution in [0.1, 0.15) is 26.0 Å². The number of hydrogen-bond acceptors (Lipinski definition) is 3. The van der Waals surface area contributed by atoms with Crippen LogP contribution in [0.25, 0.3) is 0 Å². The molecule has 2 rings (SSSR count). The van der Waals surface area contributed by atoms with Crippen LogP contribution in [0.2, 0.25) is 0 Å². The summed E-state index contributed by atoms with van der Waals surface area (Å²) in [5.74, 6) is 0.415. The van der Waals surface area contributed by atoms with Crippen molar-refractivity contribution < 1.29 is 5.11 Å².